The van der Waals surface area contributed by atoms with Crippen LogP contribution in [0.3, 0.4) is 0 Å². The van der Waals surface area contributed by atoms with Gasteiger partial charge in [0.05, 0.1) is 0 Å². The smallest absolute Gasteiger partial charge is 0.268 e. The van der Waals surface area contributed by atoms with Crippen molar-refractivity contribution >= 4 is 24.1 Å². The average Bonchev–Trinajstić information content (AvgIpc) is 2.67. The van der Waals surface area contributed by atoms with E-state index in [1.54, 1.807) is 0 Å². The lowest BCUT2D eigenvalue weighted by molar-refractivity contribution is 0.0948. The standard InChI is InChI=1S/C14H23N3O2.ClH/c1-5-6-11-12(10(3)18)9(2)17-13(11)14(19)16-8-7-15-4;/h15,17H,5-8H2,1-4H3,(H,16,19);1H. The molecule has 0 bridgehead atoms. The van der Waals surface area contributed by atoms with E-state index in [2.05, 4.69) is 15.6 Å². The largest absolute Gasteiger partial charge is 0.354 e. The molecule has 0 spiro atoms. The van der Waals surface area contributed by atoms with Crippen molar-refractivity contribution in [1.29, 1.82) is 0 Å². The van der Waals surface area contributed by atoms with Crippen molar-refractivity contribution in [2.24, 2.45) is 0 Å². The first kappa shape index (κ1) is 18.7. The topological polar surface area (TPSA) is 74.0 Å². The molecule has 114 valence electrons. The van der Waals surface area contributed by atoms with Crippen molar-refractivity contribution in [3.05, 3.63) is 22.5 Å². The maximum Gasteiger partial charge on any atom is 0.268 e. The molecular weight excluding hydrogens is 278 g/mol. The van der Waals surface area contributed by atoms with Gasteiger partial charge in [-0.1, -0.05) is 13.3 Å². The molecule has 0 aliphatic carbocycles. The van der Waals surface area contributed by atoms with E-state index in [9.17, 15) is 9.59 Å². The molecule has 1 aromatic heterocycles. The number of amides is 1. The van der Waals surface area contributed by atoms with E-state index in [0.717, 1.165) is 24.1 Å². The third-order valence-electron chi connectivity index (χ3n) is 3.03. The van der Waals surface area contributed by atoms with Crippen LogP contribution >= 0.6 is 12.4 Å². The van der Waals surface area contributed by atoms with Gasteiger partial charge in [-0.25, -0.2) is 0 Å². The van der Waals surface area contributed by atoms with E-state index in [1.165, 1.54) is 6.92 Å². The SMILES string of the molecule is CCCc1c(C(=O)NCCNC)[nH]c(C)c1C(C)=O.Cl. The third kappa shape index (κ3) is 4.35. The summed E-state index contributed by atoms with van der Waals surface area (Å²) in [5.41, 5.74) is 2.81. The van der Waals surface area contributed by atoms with Crippen molar-refractivity contribution in [3.8, 4) is 0 Å². The Morgan fingerprint density at radius 3 is 2.40 bits per heavy atom. The molecule has 0 saturated carbocycles. The Labute approximate surface area is 126 Å². The second kappa shape index (κ2) is 8.76. The number of nitrogens with one attached hydrogen (secondary N) is 3. The fourth-order valence-electron chi connectivity index (χ4n) is 2.24. The van der Waals surface area contributed by atoms with Crippen LogP contribution in [0.1, 0.15) is 52.4 Å². The number of H-pyrrole nitrogens is 1. The van der Waals surface area contributed by atoms with Crippen LogP contribution < -0.4 is 10.6 Å². The highest BCUT2D eigenvalue weighted by atomic mass is 35.5. The van der Waals surface area contributed by atoms with Gasteiger partial charge in [-0.15, -0.1) is 12.4 Å². The predicted molar refractivity (Wildman–Crippen MR) is 83.0 cm³/mol. The molecule has 0 saturated heterocycles. The highest BCUT2D eigenvalue weighted by molar-refractivity contribution is 6.02. The number of hydrogen-bond donors (Lipinski definition) is 3. The van der Waals surface area contributed by atoms with Gasteiger partial charge in [-0.3, -0.25) is 9.59 Å². The summed E-state index contributed by atoms with van der Waals surface area (Å²) >= 11 is 0. The second-order valence-corrected chi connectivity index (χ2v) is 4.64. The van der Waals surface area contributed by atoms with Gasteiger partial charge in [-0.2, -0.15) is 0 Å². The Kier molecular flexibility index (Phi) is 8.18. The molecule has 0 aromatic carbocycles. The molecule has 0 unspecified atom stereocenters. The van der Waals surface area contributed by atoms with Gasteiger partial charge in [0.15, 0.2) is 5.78 Å². The van der Waals surface area contributed by atoms with Crippen molar-refractivity contribution < 1.29 is 9.59 Å². The zero-order chi connectivity index (χ0) is 14.4. The Hall–Kier alpha value is -1.33. The lowest BCUT2D eigenvalue weighted by Crippen LogP contribution is -2.31. The maximum atomic E-state index is 12.1. The minimum absolute atomic E-state index is 0. The minimum Gasteiger partial charge on any atom is -0.354 e. The fraction of sp³-hybridized carbons (Fsp3) is 0.571. The molecule has 0 radical (unpaired) electrons. The third-order valence-corrected chi connectivity index (χ3v) is 3.03. The van der Waals surface area contributed by atoms with Gasteiger partial charge >= 0.3 is 0 Å². The van der Waals surface area contributed by atoms with Crippen LogP contribution in [0.4, 0.5) is 0 Å². The molecule has 0 atom stereocenters. The number of rotatable bonds is 7. The molecule has 3 N–H and O–H groups in total. The Morgan fingerprint density at radius 1 is 1.25 bits per heavy atom. The number of ketones is 1. The first-order valence-corrected chi connectivity index (χ1v) is 6.68. The molecule has 20 heavy (non-hydrogen) atoms. The van der Waals surface area contributed by atoms with Gasteiger partial charge in [-0.05, 0) is 32.9 Å². The first-order chi connectivity index (χ1) is 9.02. The van der Waals surface area contributed by atoms with Gasteiger partial charge in [0.2, 0.25) is 0 Å². The first-order valence-electron chi connectivity index (χ1n) is 6.68. The summed E-state index contributed by atoms with van der Waals surface area (Å²) < 4.78 is 0. The number of hydrogen-bond acceptors (Lipinski definition) is 3. The Morgan fingerprint density at radius 2 is 1.90 bits per heavy atom. The van der Waals surface area contributed by atoms with Gasteiger partial charge < -0.3 is 15.6 Å². The summed E-state index contributed by atoms with van der Waals surface area (Å²) in [7, 11) is 1.83. The lowest BCUT2D eigenvalue weighted by Gasteiger charge is -2.06. The van der Waals surface area contributed by atoms with Crippen molar-refractivity contribution in [2.45, 2.75) is 33.6 Å². The zero-order valence-electron chi connectivity index (χ0n) is 12.6. The summed E-state index contributed by atoms with van der Waals surface area (Å²) in [6, 6.07) is 0. The molecule has 5 nitrogen and oxygen atoms in total. The van der Waals surface area contributed by atoms with E-state index >= 15 is 0 Å². The molecule has 1 aromatic rings. The molecule has 0 fully saturated rings. The minimum atomic E-state index is -0.144. The lowest BCUT2D eigenvalue weighted by atomic mass is 10.0. The highest BCUT2D eigenvalue weighted by Gasteiger charge is 2.21. The van der Waals surface area contributed by atoms with Gasteiger partial charge in [0.25, 0.3) is 5.91 Å². The van der Waals surface area contributed by atoms with E-state index in [0.29, 0.717) is 24.3 Å². The summed E-state index contributed by atoms with van der Waals surface area (Å²) in [5.74, 6) is -0.138. The maximum absolute atomic E-state index is 12.1. The van der Waals surface area contributed by atoms with Gasteiger partial charge in [0.1, 0.15) is 5.69 Å². The van der Waals surface area contributed by atoms with Crippen LogP contribution in [0.2, 0.25) is 0 Å². The van der Waals surface area contributed by atoms with Crippen LogP contribution in [-0.2, 0) is 6.42 Å². The zero-order valence-corrected chi connectivity index (χ0v) is 13.4. The number of likely N-dealkylation sites (N-methyl/N-ethyl adjacent to an activating group) is 1. The van der Waals surface area contributed by atoms with Crippen LogP contribution in [0.15, 0.2) is 0 Å². The molecule has 6 heteroatoms. The average molecular weight is 302 g/mol. The van der Waals surface area contributed by atoms with E-state index in [4.69, 9.17) is 0 Å². The number of aromatic amines is 1. The Balaban J connectivity index is 0.00000361. The second-order valence-electron chi connectivity index (χ2n) is 4.64. The predicted octanol–water partition coefficient (Wildman–Crippen LogP) is 1.85. The highest BCUT2D eigenvalue weighted by Crippen LogP contribution is 2.21. The van der Waals surface area contributed by atoms with Crippen LogP contribution in [0.5, 0.6) is 0 Å². The number of aromatic nitrogens is 1. The van der Waals surface area contributed by atoms with E-state index in [1.807, 2.05) is 20.9 Å². The van der Waals surface area contributed by atoms with E-state index in [-0.39, 0.29) is 24.1 Å². The van der Waals surface area contributed by atoms with Crippen LogP contribution in [0, 0.1) is 6.92 Å². The molecule has 0 aliphatic rings. The van der Waals surface area contributed by atoms with Crippen LogP contribution in [-0.4, -0.2) is 36.8 Å². The molecule has 1 amide bonds. The molecule has 1 rings (SSSR count). The number of carbonyl (C=O) groups is 2. The molecule has 1 heterocycles. The fourth-order valence-corrected chi connectivity index (χ4v) is 2.24. The number of Topliss-reactive ketones (excluding diaryl/α,β-unsaturated/α-hetero) is 1. The van der Waals surface area contributed by atoms with Crippen LogP contribution in [0.25, 0.3) is 0 Å². The van der Waals surface area contributed by atoms with Crippen molar-refractivity contribution in [1.82, 2.24) is 15.6 Å². The number of carbonyl (C=O) groups excluding carboxylic acids is 2. The normalized spacial score (nSPS) is 10.0. The summed E-state index contributed by atoms with van der Waals surface area (Å²) in [6.45, 7) is 6.69. The molecule has 0 aliphatic heterocycles. The monoisotopic (exact) mass is 301 g/mol. The van der Waals surface area contributed by atoms with Crippen molar-refractivity contribution in [2.75, 3.05) is 20.1 Å². The Bertz CT molecular complexity index is 469. The molecular formula is C14H24ClN3O2. The number of aryl methyl sites for hydroxylation is 1. The summed E-state index contributed by atoms with van der Waals surface area (Å²) in [5, 5.41) is 5.80. The summed E-state index contributed by atoms with van der Waals surface area (Å²) in [6.07, 6.45) is 1.63. The van der Waals surface area contributed by atoms with Crippen molar-refractivity contribution in [3.63, 3.8) is 0 Å². The quantitative estimate of drug-likeness (QED) is 0.531. The summed E-state index contributed by atoms with van der Waals surface area (Å²) in [4.78, 5) is 26.9. The number of halogens is 1. The van der Waals surface area contributed by atoms with Gasteiger partial charge in [0, 0.05) is 24.3 Å². The van der Waals surface area contributed by atoms with E-state index < -0.39 is 0 Å².